The van der Waals surface area contributed by atoms with Gasteiger partial charge in [-0.25, -0.2) is 4.79 Å². The summed E-state index contributed by atoms with van der Waals surface area (Å²) >= 11 is 0. The number of fused-ring (bicyclic) bond motifs is 1. The SMILES string of the molecule is CCc1ccc(NC(=O)C(C)OC(=O)c2cc(OC)c3c(c2)OCCO3)cc1. The van der Waals surface area contributed by atoms with Crippen molar-refractivity contribution in [1.29, 1.82) is 0 Å². The molecule has 148 valence electrons. The van der Waals surface area contributed by atoms with E-state index in [-0.39, 0.29) is 5.56 Å². The number of carbonyl (C=O) groups is 2. The molecule has 1 atom stereocenters. The Bertz CT molecular complexity index is 845. The number of rotatable bonds is 6. The van der Waals surface area contributed by atoms with Crippen LogP contribution in [-0.2, 0) is 16.0 Å². The van der Waals surface area contributed by atoms with Gasteiger partial charge in [0.15, 0.2) is 17.6 Å². The molecule has 28 heavy (non-hydrogen) atoms. The van der Waals surface area contributed by atoms with Crippen LogP contribution in [0.25, 0.3) is 0 Å². The number of ether oxygens (including phenoxy) is 4. The minimum absolute atomic E-state index is 0.216. The Labute approximate surface area is 163 Å². The second-order valence-electron chi connectivity index (χ2n) is 6.29. The maximum Gasteiger partial charge on any atom is 0.339 e. The quantitative estimate of drug-likeness (QED) is 0.769. The Balaban J connectivity index is 1.67. The fourth-order valence-corrected chi connectivity index (χ4v) is 2.74. The van der Waals surface area contributed by atoms with Crippen LogP contribution in [0.5, 0.6) is 17.2 Å². The van der Waals surface area contributed by atoms with Gasteiger partial charge in [0.2, 0.25) is 5.75 Å². The van der Waals surface area contributed by atoms with Crippen molar-refractivity contribution in [3.63, 3.8) is 0 Å². The van der Waals surface area contributed by atoms with Gasteiger partial charge in [0.05, 0.1) is 12.7 Å². The molecule has 1 unspecified atom stereocenters. The smallest absolute Gasteiger partial charge is 0.339 e. The zero-order valence-corrected chi connectivity index (χ0v) is 16.1. The Morgan fingerprint density at radius 1 is 1.14 bits per heavy atom. The van der Waals surface area contributed by atoms with Crippen LogP contribution in [0.4, 0.5) is 5.69 Å². The van der Waals surface area contributed by atoms with E-state index in [9.17, 15) is 9.59 Å². The Morgan fingerprint density at radius 2 is 1.86 bits per heavy atom. The molecule has 1 amide bonds. The van der Waals surface area contributed by atoms with E-state index in [1.807, 2.05) is 24.3 Å². The summed E-state index contributed by atoms with van der Waals surface area (Å²) in [5.41, 5.74) is 2.03. The molecule has 0 saturated carbocycles. The molecule has 0 spiro atoms. The molecule has 2 aromatic rings. The second-order valence-corrected chi connectivity index (χ2v) is 6.29. The predicted octanol–water partition coefficient (Wildman–Crippen LogP) is 3.21. The van der Waals surface area contributed by atoms with E-state index in [0.717, 1.165) is 6.42 Å². The predicted molar refractivity (Wildman–Crippen MR) is 103 cm³/mol. The molecule has 3 rings (SSSR count). The number of hydrogen-bond donors (Lipinski definition) is 1. The molecule has 0 aromatic heterocycles. The number of nitrogens with one attached hydrogen (secondary N) is 1. The number of hydrogen-bond acceptors (Lipinski definition) is 6. The third-order valence-electron chi connectivity index (χ3n) is 4.35. The van der Waals surface area contributed by atoms with Gasteiger partial charge in [-0.1, -0.05) is 19.1 Å². The van der Waals surface area contributed by atoms with Crippen LogP contribution in [0.1, 0.15) is 29.8 Å². The molecule has 0 saturated heterocycles. The van der Waals surface area contributed by atoms with Gasteiger partial charge in [-0.15, -0.1) is 0 Å². The monoisotopic (exact) mass is 385 g/mol. The Hall–Kier alpha value is -3.22. The standard InChI is InChI=1S/C21H23NO6/c1-4-14-5-7-16(8-6-14)22-20(23)13(2)28-21(24)15-11-17(25-3)19-18(12-15)26-9-10-27-19/h5-8,11-13H,4,9-10H2,1-3H3,(H,22,23). The first kappa shape index (κ1) is 19.5. The van der Waals surface area contributed by atoms with Crippen molar-refractivity contribution in [2.45, 2.75) is 26.4 Å². The van der Waals surface area contributed by atoms with Crippen molar-refractivity contribution in [2.24, 2.45) is 0 Å². The van der Waals surface area contributed by atoms with E-state index in [2.05, 4.69) is 12.2 Å². The molecule has 7 heteroatoms. The molecule has 0 radical (unpaired) electrons. The maximum absolute atomic E-state index is 12.5. The van der Waals surface area contributed by atoms with Gasteiger partial charge in [0, 0.05) is 5.69 Å². The molecule has 0 fully saturated rings. The number of esters is 1. The molecule has 1 N–H and O–H groups in total. The summed E-state index contributed by atoms with van der Waals surface area (Å²) in [4.78, 5) is 24.8. The molecule has 0 bridgehead atoms. The highest BCUT2D eigenvalue weighted by atomic mass is 16.6. The number of aryl methyl sites for hydroxylation is 1. The van der Waals surface area contributed by atoms with Gasteiger partial charge in [-0.2, -0.15) is 0 Å². The van der Waals surface area contributed by atoms with Crippen molar-refractivity contribution in [3.05, 3.63) is 47.5 Å². The van der Waals surface area contributed by atoms with Crippen molar-refractivity contribution in [3.8, 4) is 17.2 Å². The summed E-state index contributed by atoms with van der Waals surface area (Å²) in [6, 6.07) is 10.5. The number of anilines is 1. The van der Waals surface area contributed by atoms with Gasteiger partial charge in [0.1, 0.15) is 13.2 Å². The van der Waals surface area contributed by atoms with Crippen molar-refractivity contribution in [1.82, 2.24) is 0 Å². The summed E-state index contributed by atoms with van der Waals surface area (Å²) in [5, 5.41) is 2.74. The van der Waals surface area contributed by atoms with E-state index >= 15 is 0 Å². The fourth-order valence-electron chi connectivity index (χ4n) is 2.74. The minimum Gasteiger partial charge on any atom is -0.493 e. The van der Waals surface area contributed by atoms with Gasteiger partial charge in [0.25, 0.3) is 5.91 Å². The van der Waals surface area contributed by atoms with Gasteiger partial charge in [-0.05, 0) is 43.2 Å². The Kier molecular flexibility index (Phi) is 6.03. The van der Waals surface area contributed by atoms with E-state index in [0.29, 0.717) is 36.1 Å². The van der Waals surface area contributed by atoms with Crippen LogP contribution in [0.15, 0.2) is 36.4 Å². The van der Waals surface area contributed by atoms with Crippen LogP contribution in [-0.4, -0.2) is 38.3 Å². The van der Waals surface area contributed by atoms with Crippen molar-refractivity contribution < 1.29 is 28.5 Å². The Morgan fingerprint density at radius 3 is 2.54 bits per heavy atom. The first-order chi connectivity index (χ1) is 13.5. The summed E-state index contributed by atoms with van der Waals surface area (Å²) < 4.78 is 21.6. The minimum atomic E-state index is -0.974. The molecule has 1 aliphatic heterocycles. The molecule has 0 aliphatic carbocycles. The largest absolute Gasteiger partial charge is 0.493 e. The summed E-state index contributed by atoms with van der Waals surface area (Å²) in [6.45, 7) is 4.36. The fraction of sp³-hybridized carbons (Fsp3) is 0.333. The zero-order valence-electron chi connectivity index (χ0n) is 16.1. The average molecular weight is 385 g/mol. The number of benzene rings is 2. The van der Waals surface area contributed by atoms with Gasteiger partial charge in [-0.3, -0.25) is 4.79 Å². The molecular formula is C21H23NO6. The summed E-state index contributed by atoms with van der Waals surface area (Å²) in [7, 11) is 1.47. The normalized spacial score (nSPS) is 13.4. The highest BCUT2D eigenvalue weighted by Gasteiger charge is 2.24. The van der Waals surface area contributed by atoms with Crippen molar-refractivity contribution in [2.75, 3.05) is 25.6 Å². The number of amides is 1. The number of methoxy groups -OCH3 is 1. The first-order valence-electron chi connectivity index (χ1n) is 9.10. The lowest BCUT2D eigenvalue weighted by molar-refractivity contribution is -0.123. The van der Waals surface area contributed by atoms with Crippen LogP contribution in [0.2, 0.25) is 0 Å². The average Bonchev–Trinajstić information content (AvgIpc) is 2.73. The van der Waals surface area contributed by atoms with Gasteiger partial charge < -0.3 is 24.3 Å². The maximum atomic E-state index is 12.5. The number of carbonyl (C=O) groups excluding carboxylic acids is 2. The molecule has 2 aromatic carbocycles. The van der Waals surface area contributed by atoms with Crippen molar-refractivity contribution >= 4 is 17.6 Å². The molecule has 1 heterocycles. The van der Waals surface area contributed by atoms with Crippen LogP contribution >= 0.6 is 0 Å². The molecular weight excluding hydrogens is 362 g/mol. The highest BCUT2D eigenvalue weighted by Crippen LogP contribution is 2.40. The lowest BCUT2D eigenvalue weighted by Gasteiger charge is -2.21. The van der Waals surface area contributed by atoms with Crippen LogP contribution in [0.3, 0.4) is 0 Å². The molecule has 1 aliphatic rings. The summed E-state index contributed by atoms with van der Waals surface area (Å²) in [5.74, 6) is 0.163. The van der Waals surface area contributed by atoms with Gasteiger partial charge >= 0.3 is 5.97 Å². The van der Waals surface area contributed by atoms with Crippen LogP contribution in [0, 0.1) is 0 Å². The van der Waals surface area contributed by atoms with E-state index < -0.39 is 18.0 Å². The highest BCUT2D eigenvalue weighted by molar-refractivity contribution is 5.97. The lowest BCUT2D eigenvalue weighted by Crippen LogP contribution is -2.30. The zero-order chi connectivity index (χ0) is 20.1. The summed E-state index contributed by atoms with van der Waals surface area (Å²) in [6.07, 6.45) is -0.0566. The third kappa shape index (κ3) is 4.36. The van der Waals surface area contributed by atoms with E-state index in [1.165, 1.54) is 31.7 Å². The van der Waals surface area contributed by atoms with Crippen LogP contribution < -0.4 is 19.5 Å². The van der Waals surface area contributed by atoms with E-state index in [4.69, 9.17) is 18.9 Å². The first-order valence-corrected chi connectivity index (χ1v) is 9.10. The topological polar surface area (TPSA) is 83.1 Å². The second kappa shape index (κ2) is 8.65. The third-order valence-corrected chi connectivity index (χ3v) is 4.35. The van der Waals surface area contributed by atoms with E-state index in [1.54, 1.807) is 0 Å². The molecule has 7 nitrogen and oxygen atoms in total. The lowest BCUT2D eigenvalue weighted by atomic mass is 10.1.